The van der Waals surface area contributed by atoms with Gasteiger partial charge in [-0.1, -0.05) is 27.0 Å². The van der Waals surface area contributed by atoms with E-state index in [-0.39, 0.29) is 0 Å². The minimum absolute atomic E-state index is 0.402. The van der Waals surface area contributed by atoms with Gasteiger partial charge in [0.1, 0.15) is 0 Å². The summed E-state index contributed by atoms with van der Waals surface area (Å²) in [7, 11) is 0. The molecule has 0 aliphatic rings. The summed E-state index contributed by atoms with van der Waals surface area (Å²) in [4.78, 5) is 23.6. The molecule has 0 saturated heterocycles. The van der Waals surface area contributed by atoms with Crippen LogP contribution in [0, 0.1) is 5.92 Å². The van der Waals surface area contributed by atoms with Crippen LogP contribution in [0.4, 0.5) is 0 Å². The summed E-state index contributed by atoms with van der Waals surface area (Å²) < 4.78 is 25.6. The standard InChI is InChI=1S/C10H15NO5S/c1-5-8(12)11(9(13)6-2)10(7(3)4)16-17(14)15/h5-7,10H,1-2H2,3-4H3,(H,14,15)/p-1. The molecule has 0 aromatic rings. The lowest BCUT2D eigenvalue weighted by Crippen LogP contribution is -2.47. The fraction of sp³-hybridized carbons (Fsp3) is 0.400. The monoisotopic (exact) mass is 260 g/mol. The van der Waals surface area contributed by atoms with Crippen molar-refractivity contribution in [1.82, 2.24) is 4.90 Å². The number of amides is 2. The molecule has 0 aliphatic heterocycles. The fourth-order valence-electron chi connectivity index (χ4n) is 1.09. The van der Waals surface area contributed by atoms with E-state index in [1.165, 1.54) is 0 Å². The highest BCUT2D eigenvalue weighted by Gasteiger charge is 2.30. The molecular formula is C10H14NO5S-. The van der Waals surface area contributed by atoms with E-state index in [1.807, 2.05) is 0 Å². The Kier molecular flexibility index (Phi) is 6.55. The number of imide groups is 1. The third-order valence-corrected chi connectivity index (χ3v) is 2.18. The molecule has 0 aromatic heterocycles. The van der Waals surface area contributed by atoms with Gasteiger partial charge >= 0.3 is 0 Å². The fourth-order valence-corrected chi connectivity index (χ4v) is 1.56. The van der Waals surface area contributed by atoms with Crippen LogP contribution in [0.5, 0.6) is 0 Å². The average molecular weight is 260 g/mol. The van der Waals surface area contributed by atoms with Crippen LogP contribution in [0.2, 0.25) is 0 Å². The Bertz CT molecular complexity index is 333. The van der Waals surface area contributed by atoms with Gasteiger partial charge < -0.3 is 4.55 Å². The van der Waals surface area contributed by atoms with Crippen molar-refractivity contribution in [2.24, 2.45) is 5.92 Å². The molecule has 0 bridgehead atoms. The maximum absolute atomic E-state index is 11.5. The average Bonchev–Trinajstić information content (AvgIpc) is 2.26. The van der Waals surface area contributed by atoms with Crippen LogP contribution in [0.15, 0.2) is 25.3 Å². The van der Waals surface area contributed by atoms with E-state index in [0.29, 0.717) is 4.90 Å². The molecule has 2 amide bonds. The minimum Gasteiger partial charge on any atom is -0.750 e. The first-order valence-corrected chi connectivity index (χ1v) is 5.73. The number of nitrogens with zero attached hydrogens (tertiary/aromatic N) is 1. The second kappa shape index (κ2) is 7.10. The van der Waals surface area contributed by atoms with Crippen LogP contribution < -0.4 is 0 Å². The summed E-state index contributed by atoms with van der Waals surface area (Å²) in [6.45, 7) is 9.68. The van der Waals surface area contributed by atoms with E-state index in [0.717, 1.165) is 12.2 Å². The normalized spacial score (nSPS) is 13.9. The molecule has 0 N–H and O–H groups in total. The Morgan fingerprint density at radius 3 is 1.94 bits per heavy atom. The first-order valence-electron chi connectivity index (χ1n) is 4.73. The lowest BCUT2D eigenvalue weighted by atomic mass is 10.1. The van der Waals surface area contributed by atoms with Crippen molar-refractivity contribution in [2.45, 2.75) is 20.1 Å². The Hall–Kier alpha value is -1.31. The van der Waals surface area contributed by atoms with Crippen molar-refractivity contribution in [1.29, 1.82) is 0 Å². The van der Waals surface area contributed by atoms with Gasteiger partial charge in [0.2, 0.25) is 0 Å². The van der Waals surface area contributed by atoms with E-state index in [1.54, 1.807) is 13.8 Å². The zero-order valence-electron chi connectivity index (χ0n) is 9.62. The quantitative estimate of drug-likeness (QED) is 0.394. The number of rotatable bonds is 6. The molecule has 0 spiro atoms. The third kappa shape index (κ3) is 4.59. The summed E-state index contributed by atoms with van der Waals surface area (Å²) in [5.41, 5.74) is 0. The van der Waals surface area contributed by atoms with Gasteiger partial charge in [-0.05, 0) is 18.1 Å². The van der Waals surface area contributed by atoms with E-state index in [2.05, 4.69) is 17.3 Å². The summed E-state index contributed by atoms with van der Waals surface area (Å²) in [5.74, 6) is -1.90. The van der Waals surface area contributed by atoms with Gasteiger partial charge in [-0.2, -0.15) is 0 Å². The first kappa shape index (κ1) is 15.7. The molecule has 6 nitrogen and oxygen atoms in total. The van der Waals surface area contributed by atoms with Gasteiger partial charge in [-0.25, -0.2) is 9.11 Å². The Labute approximate surface area is 102 Å². The number of hydrogen-bond acceptors (Lipinski definition) is 5. The number of carbonyl (C=O) groups excluding carboxylic acids is 2. The highest BCUT2D eigenvalue weighted by atomic mass is 32.2. The smallest absolute Gasteiger partial charge is 0.255 e. The topological polar surface area (TPSA) is 86.7 Å². The molecular weight excluding hydrogens is 246 g/mol. The number of carbonyl (C=O) groups is 2. The molecule has 17 heavy (non-hydrogen) atoms. The van der Waals surface area contributed by atoms with Crippen molar-refractivity contribution >= 4 is 23.2 Å². The molecule has 0 aromatic carbocycles. The van der Waals surface area contributed by atoms with Crippen molar-refractivity contribution in [3.05, 3.63) is 25.3 Å². The highest BCUT2D eigenvalue weighted by Crippen LogP contribution is 2.15. The molecule has 7 heteroatoms. The maximum Gasteiger partial charge on any atom is 0.255 e. The van der Waals surface area contributed by atoms with Crippen LogP contribution in [-0.4, -0.2) is 31.7 Å². The Balaban J connectivity index is 5.27. The van der Waals surface area contributed by atoms with E-state index >= 15 is 0 Å². The minimum atomic E-state index is -2.84. The Morgan fingerprint density at radius 1 is 1.29 bits per heavy atom. The molecule has 2 atom stereocenters. The van der Waals surface area contributed by atoms with Crippen molar-refractivity contribution in [3.63, 3.8) is 0 Å². The summed E-state index contributed by atoms with van der Waals surface area (Å²) in [5, 5.41) is 0. The lowest BCUT2D eigenvalue weighted by Gasteiger charge is -2.31. The Morgan fingerprint density at radius 2 is 1.71 bits per heavy atom. The lowest BCUT2D eigenvalue weighted by molar-refractivity contribution is -0.150. The van der Waals surface area contributed by atoms with Crippen LogP contribution in [0.3, 0.4) is 0 Å². The highest BCUT2D eigenvalue weighted by molar-refractivity contribution is 7.74. The van der Waals surface area contributed by atoms with Gasteiger partial charge in [-0.3, -0.25) is 13.8 Å². The molecule has 0 radical (unpaired) electrons. The zero-order chi connectivity index (χ0) is 13.6. The maximum atomic E-state index is 11.5. The molecule has 0 fully saturated rings. The molecule has 0 saturated carbocycles. The van der Waals surface area contributed by atoms with Crippen LogP contribution in [0.1, 0.15) is 13.8 Å². The molecule has 96 valence electrons. The summed E-state index contributed by atoms with van der Waals surface area (Å²) >= 11 is -2.84. The summed E-state index contributed by atoms with van der Waals surface area (Å²) in [6, 6.07) is 0. The van der Waals surface area contributed by atoms with E-state index < -0.39 is 35.3 Å². The molecule has 2 unspecified atom stereocenters. The van der Waals surface area contributed by atoms with Gasteiger partial charge in [-0.15, -0.1) is 0 Å². The molecule has 0 aliphatic carbocycles. The molecule has 0 heterocycles. The van der Waals surface area contributed by atoms with Crippen molar-refractivity contribution in [2.75, 3.05) is 0 Å². The predicted molar refractivity (Wildman–Crippen MR) is 60.9 cm³/mol. The van der Waals surface area contributed by atoms with Gasteiger partial charge in [0, 0.05) is 0 Å². The largest absolute Gasteiger partial charge is 0.750 e. The van der Waals surface area contributed by atoms with E-state index in [9.17, 15) is 18.4 Å². The van der Waals surface area contributed by atoms with Crippen LogP contribution in [0.25, 0.3) is 0 Å². The zero-order valence-corrected chi connectivity index (χ0v) is 10.4. The predicted octanol–water partition coefficient (Wildman–Crippen LogP) is 0.506. The molecule has 0 rings (SSSR count). The second-order valence-electron chi connectivity index (χ2n) is 3.39. The van der Waals surface area contributed by atoms with E-state index in [4.69, 9.17) is 0 Å². The second-order valence-corrected chi connectivity index (χ2v) is 3.99. The van der Waals surface area contributed by atoms with Gasteiger partial charge in [0.25, 0.3) is 11.8 Å². The first-order chi connectivity index (χ1) is 7.84. The van der Waals surface area contributed by atoms with Crippen LogP contribution >= 0.6 is 0 Å². The third-order valence-electron chi connectivity index (χ3n) is 1.83. The van der Waals surface area contributed by atoms with Crippen molar-refractivity contribution < 1.29 is 22.5 Å². The van der Waals surface area contributed by atoms with Crippen molar-refractivity contribution in [3.8, 4) is 0 Å². The summed E-state index contributed by atoms with van der Waals surface area (Å²) in [6.07, 6.45) is 0.575. The van der Waals surface area contributed by atoms with Crippen LogP contribution in [-0.2, 0) is 25.1 Å². The van der Waals surface area contributed by atoms with Gasteiger partial charge in [0.15, 0.2) is 6.23 Å². The SMILES string of the molecule is C=CC(=O)N(C(=O)C=C)C(OS(=O)[O-])C(C)C. The number of hydrogen-bond donors (Lipinski definition) is 0. The van der Waals surface area contributed by atoms with Gasteiger partial charge in [0.05, 0.1) is 11.4 Å².